The summed E-state index contributed by atoms with van der Waals surface area (Å²) < 4.78 is 21.8. The van der Waals surface area contributed by atoms with Crippen LogP contribution in [0.5, 0.6) is 23.0 Å². The topological polar surface area (TPSA) is 36.9 Å². The van der Waals surface area contributed by atoms with Gasteiger partial charge in [0.1, 0.15) is 6.61 Å². The zero-order valence-electron chi connectivity index (χ0n) is 12.5. The van der Waals surface area contributed by atoms with Crippen LogP contribution in [-0.2, 0) is 6.61 Å². The van der Waals surface area contributed by atoms with Gasteiger partial charge in [-0.15, -0.1) is 0 Å². The predicted octanol–water partition coefficient (Wildman–Crippen LogP) is 3.47. The minimum absolute atomic E-state index is 0.337. The molecule has 0 amide bonds. The number of benzene rings is 2. The summed E-state index contributed by atoms with van der Waals surface area (Å²) in [4.78, 5) is 0. The van der Waals surface area contributed by atoms with Crippen molar-refractivity contribution in [3.05, 3.63) is 54.4 Å². The zero-order chi connectivity index (χ0) is 15.2. The highest BCUT2D eigenvalue weighted by atomic mass is 16.5. The maximum atomic E-state index is 5.86. The highest BCUT2D eigenvalue weighted by molar-refractivity contribution is 5.49. The molecule has 0 N–H and O–H groups in total. The Labute approximate surface area is 125 Å². The van der Waals surface area contributed by atoms with Crippen LogP contribution in [0, 0.1) is 6.92 Å². The zero-order valence-corrected chi connectivity index (χ0v) is 12.5. The van der Waals surface area contributed by atoms with Crippen LogP contribution in [0.3, 0.4) is 0 Å². The van der Waals surface area contributed by atoms with Crippen LogP contribution in [0.4, 0.5) is 0 Å². The van der Waals surface area contributed by atoms with E-state index in [0.717, 1.165) is 11.1 Å². The number of hydrogen-bond acceptors (Lipinski definition) is 4. The Morgan fingerprint density at radius 2 is 1.43 bits per heavy atom. The summed E-state index contributed by atoms with van der Waals surface area (Å²) in [5, 5.41) is 0. The van der Waals surface area contributed by atoms with Crippen molar-refractivity contribution >= 4 is 0 Å². The second kappa shape index (κ2) is 6.88. The third kappa shape index (κ3) is 3.21. The lowest BCUT2D eigenvalue weighted by atomic mass is 10.2. The van der Waals surface area contributed by atoms with Crippen molar-refractivity contribution in [3.63, 3.8) is 0 Å². The number of hydrogen-bond donors (Lipinski definition) is 0. The number of ether oxygens (including phenoxy) is 4. The molecule has 0 aromatic heterocycles. The average molecular weight is 287 g/mol. The number of rotatable bonds is 6. The molecule has 0 saturated carbocycles. The standard InChI is InChI=1S/C17H19O4/c1-12-7-5-9-14(18-2)16(12)21-11-13-8-6-10-15(19-3)17(13)20-4/h5-10H,1,11H2,2-4H3. The smallest absolute Gasteiger partial charge is 0.167 e. The van der Waals surface area contributed by atoms with Crippen LogP contribution in [0.25, 0.3) is 0 Å². The molecular formula is C17H19O4. The van der Waals surface area contributed by atoms with Crippen LogP contribution in [0.1, 0.15) is 11.1 Å². The molecule has 0 fully saturated rings. The molecular weight excluding hydrogens is 268 g/mol. The fourth-order valence-electron chi connectivity index (χ4n) is 2.10. The minimum Gasteiger partial charge on any atom is -0.493 e. The van der Waals surface area contributed by atoms with Crippen LogP contribution >= 0.6 is 0 Å². The molecule has 0 spiro atoms. The van der Waals surface area contributed by atoms with Gasteiger partial charge in [0.25, 0.3) is 0 Å². The molecule has 111 valence electrons. The van der Waals surface area contributed by atoms with E-state index in [9.17, 15) is 0 Å². The van der Waals surface area contributed by atoms with E-state index in [0.29, 0.717) is 29.6 Å². The molecule has 4 heteroatoms. The normalized spacial score (nSPS) is 10.1. The quantitative estimate of drug-likeness (QED) is 0.815. The number of methoxy groups -OCH3 is 3. The van der Waals surface area contributed by atoms with E-state index in [-0.39, 0.29) is 0 Å². The summed E-state index contributed by atoms with van der Waals surface area (Å²) in [5.74, 6) is 2.63. The average Bonchev–Trinajstić information content (AvgIpc) is 2.52. The molecule has 0 atom stereocenters. The SMILES string of the molecule is [CH2]c1cccc(OC)c1OCc1cccc(OC)c1OC. The van der Waals surface area contributed by atoms with E-state index >= 15 is 0 Å². The van der Waals surface area contributed by atoms with Gasteiger partial charge in [0.15, 0.2) is 23.0 Å². The maximum Gasteiger partial charge on any atom is 0.167 e. The van der Waals surface area contributed by atoms with Gasteiger partial charge in [-0.3, -0.25) is 0 Å². The van der Waals surface area contributed by atoms with E-state index < -0.39 is 0 Å². The van der Waals surface area contributed by atoms with Gasteiger partial charge in [-0.2, -0.15) is 0 Å². The molecule has 0 aliphatic heterocycles. The summed E-state index contributed by atoms with van der Waals surface area (Å²) >= 11 is 0. The van der Waals surface area contributed by atoms with E-state index in [4.69, 9.17) is 18.9 Å². The molecule has 4 nitrogen and oxygen atoms in total. The Kier molecular flexibility index (Phi) is 4.93. The van der Waals surface area contributed by atoms with Crippen LogP contribution in [0.2, 0.25) is 0 Å². The van der Waals surface area contributed by atoms with Gasteiger partial charge < -0.3 is 18.9 Å². The fourth-order valence-corrected chi connectivity index (χ4v) is 2.10. The summed E-state index contributed by atoms with van der Waals surface area (Å²) in [6, 6.07) is 11.3. The van der Waals surface area contributed by atoms with E-state index in [1.54, 1.807) is 21.3 Å². The van der Waals surface area contributed by atoms with Crippen molar-refractivity contribution in [1.29, 1.82) is 0 Å². The Bertz CT molecular complexity index is 608. The first kappa shape index (κ1) is 15.0. The van der Waals surface area contributed by atoms with Crippen LogP contribution in [0.15, 0.2) is 36.4 Å². The molecule has 0 bridgehead atoms. The molecule has 2 aromatic rings. The first-order valence-corrected chi connectivity index (χ1v) is 6.53. The van der Waals surface area contributed by atoms with E-state index in [1.165, 1.54) is 0 Å². The first-order chi connectivity index (χ1) is 10.2. The van der Waals surface area contributed by atoms with Crippen molar-refractivity contribution in [2.24, 2.45) is 0 Å². The molecule has 2 aromatic carbocycles. The summed E-state index contributed by atoms with van der Waals surface area (Å²) in [7, 11) is 4.82. The molecule has 1 radical (unpaired) electrons. The number of para-hydroxylation sites is 2. The first-order valence-electron chi connectivity index (χ1n) is 6.53. The van der Waals surface area contributed by atoms with Gasteiger partial charge in [0.05, 0.1) is 21.3 Å². The molecule has 0 saturated heterocycles. The van der Waals surface area contributed by atoms with Crippen molar-refractivity contribution in [2.45, 2.75) is 6.61 Å². The molecule has 2 rings (SSSR count). The highest BCUT2D eigenvalue weighted by Crippen LogP contribution is 2.34. The fraction of sp³-hybridized carbons (Fsp3) is 0.235. The van der Waals surface area contributed by atoms with Gasteiger partial charge >= 0.3 is 0 Å². The molecule has 0 heterocycles. The van der Waals surface area contributed by atoms with Crippen LogP contribution < -0.4 is 18.9 Å². The Morgan fingerprint density at radius 3 is 2.05 bits per heavy atom. The Morgan fingerprint density at radius 1 is 0.810 bits per heavy atom. The van der Waals surface area contributed by atoms with Crippen molar-refractivity contribution in [3.8, 4) is 23.0 Å². The third-order valence-corrected chi connectivity index (χ3v) is 3.14. The maximum absolute atomic E-state index is 5.86. The van der Waals surface area contributed by atoms with Crippen molar-refractivity contribution < 1.29 is 18.9 Å². The lowest BCUT2D eigenvalue weighted by molar-refractivity contribution is 0.273. The Hall–Kier alpha value is -2.36. The molecule has 21 heavy (non-hydrogen) atoms. The minimum atomic E-state index is 0.337. The van der Waals surface area contributed by atoms with E-state index in [2.05, 4.69) is 6.92 Å². The van der Waals surface area contributed by atoms with Gasteiger partial charge in [0.2, 0.25) is 0 Å². The lowest BCUT2D eigenvalue weighted by Gasteiger charge is -2.16. The predicted molar refractivity (Wildman–Crippen MR) is 81.3 cm³/mol. The van der Waals surface area contributed by atoms with Gasteiger partial charge in [-0.25, -0.2) is 0 Å². The van der Waals surface area contributed by atoms with Crippen LogP contribution in [-0.4, -0.2) is 21.3 Å². The van der Waals surface area contributed by atoms with Crippen molar-refractivity contribution in [1.82, 2.24) is 0 Å². The summed E-state index contributed by atoms with van der Waals surface area (Å²) in [6.07, 6.45) is 0. The largest absolute Gasteiger partial charge is 0.493 e. The van der Waals surface area contributed by atoms with Gasteiger partial charge in [0, 0.05) is 5.56 Å². The third-order valence-electron chi connectivity index (χ3n) is 3.14. The monoisotopic (exact) mass is 287 g/mol. The second-order valence-corrected chi connectivity index (χ2v) is 4.39. The second-order valence-electron chi connectivity index (χ2n) is 4.39. The molecule has 0 aliphatic carbocycles. The van der Waals surface area contributed by atoms with Gasteiger partial charge in [-0.1, -0.05) is 24.3 Å². The molecule has 0 aliphatic rings. The Balaban J connectivity index is 2.25. The van der Waals surface area contributed by atoms with Gasteiger partial charge in [-0.05, 0) is 24.6 Å². The lowest BCUT2D eigenvalue weighted by Crippen LogP contribution is -2.02. The summed E-state index contributed by atoms with van der Waals surface area (Å²) in [6.45, 7) is 4.29. The summed E-state index contributed by atoms with van der Waals surface area (Å²) in [5.41, 5.74) is 1.67. The highest BCUT2D eigenvalue weighted by Gasteiger charge is 2.12. The van der Waals surface area contributed by atoms with E-state index in [1.807, 2.05) is 36.4 Å². The molecule has 0 unspecified atom stereocenters. The van der Waals surface area contributed by atoms with Crippen molar-refractivity contribution in [2.75, 3.05) is 21.3 Å².